The van der Waals surface area contributed by atoms with Gasteiger partial charge in [-0.15, -0.1) is 0 Å². The number of aliphatic carboxylic acids is 1. The van der Waals surface area contributed by atoms with Crippen LogP contribution in [0, 0.1) is 0 Å². The number of aliphatic hydroxyl groups is 1. The monoisotopic (exact) mass is 536 g/mol. The molecule has 10 heteroatoms. The number of carbonyl (C=O) groups excluding carboxylic acids is 3. The second kappa shape index (κ2) is 12.9. The molecule has 5 atom stereocenters. The molecule has 208 valence electrons. The zero-order chi connectivity index (χ0) is 27.9. The number of likely N-dealkylation sites (tertiary alicyclic amines) is 2. The number of benzene rings is 2. The lowest BCUT2D eigenvalue weighted by Gasteiger charge is -2.32. The number of hydrogen-bond acceptors (Lipinski definition) is 6. The maximum Gasteiger partial charge on any atom is 0.305 e. The van der Waals surface area contributed by atoms with E-state index in [1.54, 1.807) is 0 Å². The first-order chi connectivity index (χ1) is 18.7. The van der Waals surface area contributed by atoms with Crippen molar-refractivity contribution in [3.05, 3.63) is 71.8 Å². The summed E-state index contributed by atoms with van der Waals surface area (Å²) in [5.74, 6) is -2.29. The van der Waals surface area contributed by atoms with Crippen molar-refractivity contribution in [2.75, 3.05) is 13.1 Å². The first-order valence-electron chi connectivity index (χ1n) is 13.4. The van der Waals surface area contributed by atoms with Crippen LogP contribution in [0.3, 0.4) is 0 Å². The molecule has 3 amide bonds. The van der Waals surface area contributed by atoms with E-state index in [-0.39, 0.29) is 25.3 Å². The highest BCUT2D eigenvalue weighted by Gasteiger charge is 2.45. The molecule has 2 fully saturated rings. The summed E-state index contributed by atoms with van der Waals surface area (Å²) in [6.07, 6.45) is 0.584. The number of nitrogens with two attached hydrogens (primary N) is 1. The third kappa shape index (κ3) is 7.21. The molecule has 0 bridgehead atoms. The predicted molar refractivity (Wildman–Crippen MR) is 143 cm³/mol. The van der Waals surface area contributed by atoms with Crippen LogP contribution in [0.2, 0.25) is 0 Å². The van der Waals surface area contributed by atoms with Crippen molar-refractivity contribution >= 4 is 23.7 Å². The number of carboxylic acids is 1. The Labute approximate surface area is 227 Å². The number of β-amino-alcohol motifs (C(OH)–C–C–N with tert-alkyl or cyclic N) is 1. The highest BCUT2D eigenvalue weighted by Crippen LogP contribution is 2.26. The number of rotatable bonds is 10. The van der Waals surface area contributed by atoms with Gasteiger partial charge in [0.25, 0.3) is 0 Å². The van der Waals surface area contributed by atoms with Crippen LogP contribution in [0.25, 0.3) is 0 Å². The minimum atomic E-state index is -1.05. The van der Waals surface area contributed by atoms with Crippen molar-refractivity contribution in [2.45, 2.75) is 68.8 Å². The standard InChI is InChI=1S/C29H36N4O6/c30-23(15-20-10-5-2-6-11-20)28(38)32-13-7-12-24(32)29(39)33-18-22(34)17-25(33)27(37)31-21(16-26(35)36)14-19-8-3-1-4-9-19/h1-6,8-11,21-25,34H,7,12-18,30H2,(H,31,37)(H,35,36). The van der Waals surface area contributed by atoms with E-state index in [0.717, 1.165) is 11.1 Å². The van der Waals surface area contributed by atoms with Crippen LogP contribution in [-0.2, 0) is 32.0 Å². The lowest BCUT2D eigenvalue weighted by Crippen LogP contribution is -2.56. The average molecular weight is 537 g/mol. The second-order valence-electron chi connectivity index (χ2n) is 10.4. The van der Waals surface area contributed by atoms with Crippen molar-refractivity contribution < 1.29 is 29.4 Å². The number of aliphatic hydroxyl groups excluding tert-OH is 1. The van der Waals surface area contributed by atoms with Gasteiger partial charge in [0, 0.05) is 25.6 Å². The van der Waals surface area contributed by atoms with E-state index in [9.17, 15) is 29.4 Å². The first kappa shape index (κ1) is 28.3. The lowest BCUT2D eigenvalue weighted by atomic mass is 10.0. The number of carbonyl (C=O) groups is 4. The van der Waals surface area contributed by atoms with Gasteiger partial charge in [0.1, 0.15) is 12.1 Å². The van der Waals surface area contributed by atoms with Crippen LogP contribution in [0.15, 0.2) is 60.7 Å². The highest BCUT2D eigenvalue weighted by molar-refractivity contribution is 5.94. The fourth-order valence-electron chi connectivity index (χ4n) is 5.53. The maximum absolute atomic E-state index is 13.7. The zero-order valence-electron chi connectivity index (χ0n) is 21.8. The van der Waals surface area contributed by atoms with Gasteiger partial charge in [-0.1, -0.05) is 60.7 Å². The summed E-state index contributed by atoms with van der Waals surface area (Å²) in [6, 6.07) is 15.4. The van der Waals surface area contributed by atoms with Gasteiger partial charge in [0.2, 0.25) is 17.7 Å². The van der Waals surface area contributed by atoms with Gasteiger partial charge in [-0.3, -0.25) is 19.2 Å². The van der Waals surface area contributed by atoms with E-state index in [2.05, 4.69) is 5.32 Å². The quantitative estimate of drug-likeness (QED) is 0.349. The minimum Gasteiger partial charge on any atom is -0.481 e. The summed E-state index contributed by atoms with van der Waals surface area (Å²) in [4.78, 5) is 54.5. The molecule has 10 nitrogen and oxygen atoms in total. The number of nitrogens with zero attached hydrogens (tertiary/aromatic N) is 2. The molecule has 39 heavy (non-hydrogen) atoms. The summed E-state index contributed by atoms with van der Waals surface area (Å²) in [7, 11) is 0. The van der Waals surface area contributed by atoms with Crippen molar-refractivity contribution in [1.82, 2.24) is 15.1 Å². The Hall–Kier alpha value is -3.76. The molecule has 2 aliphatic rings. The fraction of sp³-hybridized carbons (Fsp3) is 0.448. The summed E-state index contributed by atoms with van der Waals surface area (Å²) in [5.41, 5.74) is 8.03. The molecule has 0 aromatic heterocycles. The van der Waals surface area contributed by atoms with E-state index < -0.39 is 48.1 Å². The van der Waals surface area contributed by atoms with Crippen LogP contribution in [0.4, 0.5) is 0 Å². The molecule has 2 aromatic rings. The molecule has 0 aliphatic carbocycles. The fourth-order valence-corrected chi connectivity index (χ4v) is 5.53. The second-order valence-corrected chi connectivity index (χ2v) is 10.4. The third-order valence-corrected chi connectivity index (χ3v) is 7.39. The average Bonchev–Trinajstić information content (AvgIpc) is 3.56. The summed E-state index contributed by atoms with van der Waals surface area (Å²) >= 11 is 0. The van der Waals surface area contributed by atoms with E-state index in [1.807, 2.05) is 60.7 Å². The van der Waals surface area contributed by atoms with Crippen LogP contribution in [0.5, 0.6) is 0 Å². The van der Waals surface area contributed by atoms with Crippen LogP contribution >= 0.6 is 0 Å². The summed E-state index contributed by atoms with van der Waals surface area (Å²) in [5, 5.41) is 22.6. The molecule has 0 saturated carbocycles. The number of hydrogen-bond donors (Lipinski definition) is 4. The van der Waals surface area contributed by atoms with Crippen LogP contribution in [-0.4, -0.2) is 87.1 Å². The van der Waals surface area contributed by atoms with Crippen LogP contribution < -0.4 is 11.1 Å². The van der Waals surface area contributed by atoms with E-state index >= 15 is 0 Å². The number of nitrogens with one attached hydrogen (secondary N) is 1. The third-order valence-electron chi connectivity index (χ3n) is 7.39. The molecule has 4 rings (SSSR count). The smallest absolute Gasteiger partial charge is 0.305 e. The largest absolute Gasteiger partial charge is 0.481 e. The minimum absolute atomic E-state index is 0.0339. The van der Waals surface area contributed by atoms with Gasteiger partial charge < -0.3 is 31.1 Å². The SMILES string of the molecule is NC(Cc1ccccc1)C(=O)N1CCCC1C(=O)N1CC(O)CC1C(=O)NC(CC(=O)O)Cc1ccccc1. The van der Waals surface area contributed by atoms with E-state index in [4.69, 9.17) is 5.73 Å². The predicted octanol–water partition coefficient (Wildman–Crippen LogP) is 0.711. The maximum atomic E-state index is 13.7. The Kier molecular flexibility index (Phi) is 9.32. The summed E-state index contributed by atoms with van der Waals surface area (Å²) in [6.45, 7) is 0.358. The first-order valence-corrected chi connectivity index (χ1v) is 13.4. The number of amides is 3. The van der Waals surface area contributed by atoms with Crippen molar-refractivity contribution in [2.24, 2.45) is 5.73 Å². The Morgan fingerprint density at radius 3 is 2.15 bits per heavy atom. The molecule has 2 saturated heterocycles. The van der Waals surface area contributed by atoms with Gasteiger partial charge >= 0.3 is 5.97 Å². The number of carboxylic acid groups (broad SMARTS) is 1. The van der Waals surface area contributed by atoms with Gasteiger partial charge in [-0.25, -0.2) is 0 Å². The highest BCUT2D eigenvalue weighted by atomic mass is 16.4. The molecule has 0 spiro atoms. The van der Waals surface area contributed by atoms with E-state index in [0.29, 0.717) is 32.2 Å². The Bertz CT molecular complexity index is 1160. The molecular formula is C29H36N4O6. The van der Waals surface area contributed by atoms with Gasteiger partial charge in [-0.05, 0) is 36.8 Å². The molecule has 5 unspecified atom stereocenters. The molecule has 0 radical (unpaired) electrons. The van der Waals surface area contributed by atoms with Crippen molar-refractivity contribution in [3.63, 3.8) is 0 Å². The molecule has 2 aromatic carbocycles. The van der Waals surface area contributed by atoms with Crippen molar-refractivity contribution in [1.29, 1.82) is 0 Å². The summed E-state index contributed by atoms with van der Waals surface area (Å²) < 4.78 is 0. The Balaban J connectivity index is 1.44. The van der Waals surface area contributed by atoms with Crippen molar-refractivity contribution in [3.8, 4) is 0 Å². The molecule has 5 N–H and O–H groups in total. The topological polar surface area (TPSA) is 153 Å². The van der Waals surface area contributed by atoms with Crippen LogP contribution in [0.1, 0.15) is 36.8 Å². The molecule has 2 heterocycles. The van der Waals surface area contributed by atoms with Gasteiger partial charge in [0.15, 0.2) is 0 Å². The van der Waals surface area contributed by atoms with E-state index in [1.165, 1.54) is 9.80 Å². The normalized spacial score (nSPS) is 22.4. The van der Waals surface area contributed by atoms with Gasteiger partial charge in [0.05, 0.1) is 18.6 Å². The lowest BCUT2D eigenvalue weighted by molar-refractivity contribution is -0.147. The van der Waals surface area contributed by atoms with Gasteiger partial charge in [-0.2, -0.15) is 0 Å². The zero-order valence-corrected chi connectivity index (χ0v) is 21.8. The Morgan fingerprint density at radius 1 is 0.923 bits per heavy atom. The molecule has 2 aliphatic heterocycles. The molecular weight excluding hydrogens is 500 g/mol. The Morgan fingerprint density at radius 2 is 1.54 bits per heavy atom.